The summed E-state index contributed by atoms with van der Waals surface area (Å²) in [7, 11) is 0. The number of rotatable bonds is 0. The SMILES string of the molecule is NC12CC3c4ccccc4C4CC1CC43C2. The van der Waals surface area contributed by atoms with Crippen molar-refractivity contribution in [3.63, 3.8) is 0 Å². The van der Waals surface area contributed by atoms with Crippen molar-refractivity contribution in [1.29, 1.82) is 0 Å². The molecule has 0 amide bonds. The van der Waals surface area contributed by atoms with Gasteiger partial charge in [0.15, 0.2) is 0 Å². The summed E-state index contributed by atoms with van der Waals surface area (Å²) in [6.45, 7) is 0. The molecule has 5 unspecified atom stereocenters. The summed E-state index contributed by atoms with van der Waals surface area (Å²) in [5, 5.41) is 0. The second-order valence-electron chi connectivity index (χ2n) is 6.72. The first kappa shape index (κ1) is 8.30. The van der Waals surface area contributed by atoms with Crippen molar-refractivity contribution in [2.24, 2.45) is 17.1 Å². The van der Waals surface area contributed by atoms with Crippen LogP contribution in [0.25, 0.3) is 0 Å². The molecular weight excluding hydrogens is 194 g/mol. The van der Waals surface area contributed by atoms with Crippen LogP contribution in [0.4, 0.5) is 0 Å². The molecule has 5 atom stereocenters. The van der Waals surface area contributed by atoms with Gasteiger partial charge in [0, 0.05) is 5.54 Å². The normalized spacial score (nSPS) is 54.7. The van der Waals surface area contributed by atoms with Crippen molar-refractivity contribution >= 4 is 0 Å². The molecule has 0 radical (unpaired) electrons. The van der Waals surface area contributed by atoms with Crippen molar-refractivity contribution in [2.75, 3.05) is 0 Å². The Kier molecular flexibility index (Phi) is 1.09. The van der Waals surface area contributed by atoms with Crippen molar-refractivity contribution in [2.45, 2.75) is 43.1 Å². The molecule has 1 aromatic carbocycles. The van der Waals surface area contributed by atoms with Crippen LogP contribution >= 0.6 is 0 Å². The lowest BCUT2D eigenvalue weighted by Gasteiger charge is -2.34. The van der Waals surface area contributed by atoms with E-state index >= 15 is 0 Å². The van der Waals surface area contributed by atoms with E-state index in [-0.39, 0.29) is 5.54 Å². The van der Waals surface area contributed by atoms with Gasteiger partial charge in [-0.15, -0.1) is 0 Å². The minimum Gasteiger partial charge on any atom is -0.325 e. The van der Waals surface area contributed by atoms with Crippen LogP contribution in [-0.4, -0.2) is 5.54 Å². The van der Waals surface area contributed by atoms with Crippen LogP contribution in [0, 0.1) is 11.3 Å². The van der Waals surface area contributed by atoms with E-state index in [2.05, 4.69) is 24.3 Å². The number of nitrogens with two attached hydrogens (primary N) is 1. The number of fused-ring (bicyclic) bond motifs is 6. The summed E-state index contributed by atoms with van der Waals surface area (Å²) in [6.07, 6.45) is 5.39. The maximum atomic E-state index is 6.62. The third-order valence-corrected chi connectivity index (χ3v) is 6.34. The third-order valence-electron chi connectivity index (χ3n) is 6.34. The monoisotopic (exact) mass is 211 g/mol. The van der Waals surface area contributed by atoms with E-state index in [0.29, 0.717) is 5.41 Å². The van der Waals surface area contributed by atoms with Gasteiger partial charge in [-0.3, -0.25) is 0 Å². The topological polar surface area (TPSA) is 26.0 Å². The molecule has 3 saturated carbocycles. The molecule has 1 spiro atoms. The summed E-state index contributed by atoms with van der Waals surface area (Å²) in [5.41, 5.74) is 10.8. The summed E-state index contributed by atoms with van der Waals surface area (Å²) < 4.78 is 0. The lowest BCUT2D eigenvalue weighted by Crippen LogP contribution is -2.43. The van der Waals surface area contributed by atoms with Crippen LogP contribution in [0.3, 0.4) is 0 Å². The van der Waals surface area contributed by atoms with Gasteiger partial charge >= 0.3 is 0 Å². The molecular formula is C15H17N. The average molecular weight is 211 g/mol. The van der Waals surface area contributed by atoms with Gasteiger partial charge in [0.1, 0.15) is 0 Å². The Balaban J connectivity index is 1.83. The molecule has 4 aliphatic rings. The Morgan fingerprint density at radius 1 is 1.06 bits per heavy atom. The van der Waals surface area contributed by atoms with E-state index in [1.165, 1.54) is 25.7 Å². The fourth-order valence-corrected chi connectivity index (χ4v) is 5.93. The minimum atomic E-state index is 0.217. The standard InChI is InChI=1S/C15H17N/c16-15-7-13-11-4-2-1-3-10(11)12-5-9(15)6-14(12,13)8-15/h1-4,9,12-13H,5-8,16H2. The van der Waals surface area contributed by atoms with Crippen LogP contribution in [-0.2, 0) is 0 Å². The summed E-state index contributed by atoms with van der Waals surface area (Å²) in [5.74, 6) is 2.50. The highest BCUT2D eigenvalue weighted by atomic mass is 14.9. The molecule has 2 N–H and O–H groups in total. The van der Waals surface area contributed by atoms with E-state index in [1.54, 1.807) is 11.1 Å². The summed E-state index contributed by atoms with van der Waals surface area (Å²) >= 11 is 0. The van der Waals surface area contributed by atoms with Gasteiger partial charge in [0.25, 0.3) is 0 Å². The number of benzene rings is 1. The highest BCUT2D eigenvalue weighted by Gasteiger charge is 2.73. The number of hydrogen-bond donors (Lipinski definition) is 1. The van der Waals surface area contributed by atoms with E-state index < -0.39 is 0 Å². The number of hydrogen-bond acceptors (Lipinski definition) is 1. The first-order chi connectivity index (χ1) is 7.73. The second-order valence-corrected chi connectivity index (χ2v) is 6.72. The first-order valence-corrected chi connectivity index (χ1v) is 6.61. The maximum Gasteiger partial charge on any atom is 0.0195 e. The van der Waals surface area contributed by atoms with Gasteiger partial charge in [0.05, 0.1) is 0 Å². The van der Waals surface area contributed by atoms with Gasteiger partial charge in [-0.05, 0) is 60.0 Å². The smallest absolute Gasteiger partial charge is 0.0195 e. The molecule has 5 rings (SSSR count). The molecule has 0 saturated heterocycles. The lowest BCUT2D eigenvalue weighted by molar-refractivity contribution is 0.266. The second kappa shape index (κ2) is 2.11. The highest BCUT2D eigenvalue weighted by Crippen LogP contribution is 2.80. The van der Waals surface area contributed by atoms with E-state index in [9.17, 15) is 0 Å². The van der Waals surface area contributed by atoms with Crippen molar-refractivity contribution < 1.29 is 0 Å². The van der Waals surface area contributed by atoms with Crippen molar-refractivity contribution in [3.8, 4) is 0 Å². The lowest BCUT2D eigenvalue weighted by atomic mass is 9.74. The van der Waals surface area contributed by atoms with Crippen LogP contribution in [0.15, 0.2) is 24.3 Å². The Bertz CT molecular complexity index is 508. The molecule has 3 fully saturated rings. The Morgan fingerprint density at radius 3 is 2.56 bits per heavy atom. The Hall–Kier alpha value is -0.820. The van der Waals surface area contributed by atoms with Crippen LogP contribution in [0.5, 0.6) is 0 Å². The first-order valence-electron chi connectivity index (χ1n) is 6.61. The average Bonchev–Trinajstić information content (AvgIpc) is 2.90. The van der Waals surface area contributed by atoms with Gasteiger partial charge in [-0.25, -0.2) is 0 Å². The minimum absolute atomic E-state index is 0.217. The van der Waals surface area contributed by atoms with Crippen molar-refractivity contribution in [1.82, 2.24) is 0 Å². The quantitative estimate of drug-likeness (QED) is 0.701. The molecule has 1 nitrogen and oxygen atoms in total. The Morgan fingerprint density at radius 2 is 1.81 bits per heavy atom. The maximum absolute atomic E-state index is 6.62. The highest BCUT2D eigenvalue weighted by molar-refractivity contribution is 5.50. The molecule has 4 aliphatic carbocycles. The summed E-state index contributed by atoms with van der Waals surface area (Å²) in [4.78, 5) is 0. The molecule has 82 valence electrons. The molecule has 1 aromatic rings. The van der Waals surface area contributed by atoms with E-state index in [4.69, 9.17) is 5.73 Å². The predicted molar refractivity (Wildman–Crippen MR) is 63.2 cm³/mol. The molecule has 0 aromatic heterocycles. The van der Waals surface area contributed by atoms with Crippen LogP contribution in [0.2, 0.25) is 0 Å². The van der Waals surface area contributed by atoms with Gasteiger partial charge in [-0.1, -0.05) is 24.3 Å². The van der Waals surface area contributed by atoms with Crippen LogP contribution in [0.1, 0.15) is 48.6 Å². The van der Waals surface area contributed by atoms with Gasteiger partial charge in [-0.2, -0.15) is 0 Å². The third kappa shape index (κ3) is 0.620. The zero-order valence-corrected chi connectivity index (χ0v) is 9.45. The molecule has 1 heteroatoms. The zero-order chi connectivity index (χ0) is 10.5. The largest absolute Gasteiger partial charge is 0.325 e. The molecule has 3 bridgehead atoms. The van der Waals surface area contributed by atoms with E-state index in [1.807, 2.05) is 0 Å². The Labute approximate surface area is 96.0 Å². The van der Waals surface area contributed by atoms with Gasteiger partial charge < -0.3 is 5.73 Å². The predicted octanol–water partition coefficient (Wildman–Crippen LogP) is 2.77. The molecule has 0 heterocycles. The van der Waals surface area contributed by atoms with Crippen molar-refractivity contribution in [3.05, 3.63) is 35.4 Å². The summed E-state index contributed by atoms with van der Waals surface area (Å²) in [6, 6.07) is 9.18. The van der Waals surface area contributed by atoms with Crippen LogP contribution < -0.4 is 5.73 Å². The fourth-order valence-electron chi connectivity index (χ4n) is 5.93. The fraction of sp³-hybridized carbons (Fsp3) is 0.600. The molecule has 0 aliphatic heterocycles. The van der Waals surface area contributed by atoms with E-state index in [0.717, 1.165) is 17.8 Å². The zero-order valence-electron chi connectivity index (χ0n) is 9.45. The molecule has 16 heavy (non-hydrogen) atoms. The van der Waals surface area contributed by atoms with Gasteiger partial charge in [0.2, 0.25) is 0 Å².